The van der Waals surface area contributed by atoms with E-state index in [0.717, 1.165) is 18.5 Å². The van der Waals surface area contributed by atoms with Gasteiger partial charge in [-0.2, -0.15) is 0 Å². The van der Waals surface area contributed by atoms with Crippen molar-refractivity contribution in [3.05, 3.63) is 33.8 Å². The van der Waals surface area contributed by atoms with Crippen molar-refractivity contribution in [3.63, 3.8) is 0 Å². The van der Waals surface area contributed by atoms with Gasteiger partial charge in [-0.15, -0.1) is 0 Å². The van der Waals surface area contributed by atoms with Gasteiger partial charge < -0.3 is 5.32 Å². The third kappa shape index (κ3) is 4.80. The van der Waals surface area contributed by atoms with Gasteiger partial charge >= 0.3 is 0 Å². The van der Waals surface area contributed by atoms with E-state index in [4.69, 9.17) is 23.2 Å². The molecule has 1 atom stereocenters. The molecule has 1 N–H and O–H groups in total. The fraction of sp³-hybridized carbons (Fsp3) is 0.625. The van der Waals surface area contributed by atoms with Gasteiger partial charge in [0.1, 0.15) is 0 Å². The lowest BCUT2D eigenvalue weighted by molar-refractivity contribution is -0.0494. The monoisotopic (exact) mass is 335 g/mol. The van der Waals surface area contributed by atoms with Gasteiger partial charge in [0.05, 0.1) is 10.0 Å². The fourth-order valence-electron chi connectivity index (χ4n) is 3.05. The van der Waals surface area contributed by atoms with Crippen molar-refractivity contribution >= 4 is 23.2 Å². The number of rotatable bonds is 5. The summed E-state index contributed by atoms with van der Waals surface area (Å²) in [7, 11) is 0. The molecule has 1 aliphatic carbocycles. The van der Waals surface area contributed by atoms with E-state index in [2.05, 4.69) is 5.32 Å². The first-order valence-corrected chi connectivity index (χ1v) is 8.22. The van der Waals surface area contributed by atoms with Crippen LogP contribution in [-0.4, -0.2) is 18.5 Å². The molecule has 1 aliphatic rings. The number of benzene rings is 1. The lowest BCUT2D eigenvalue weighted by atomic mass is 9.80. The van der Waals surface area contributed by atoms with Gasteiger partial charge in [-0.1, -0.05) is 36.2 Å². The molecule has 1 unspecified atom stereocenters. The Bertz CT molecular complexity index is 469. The Morgan fingerprint density at radius 1 is 1.24 bits per heavy atom. The van der Waals surface area contributed by atoms with Crippen molar-refractivity contribution in [1.82, 2.24) is 5.32 Å². The van der Waals surface area contributed by atoms with Crippen LogP contribution >= 0.6 is 23.2 Å². The van der Waals surface area contributed by atoms with E-state index in [1.165, 1.54) is 0 Å². The average molecular weight is 336 g/mol. The minimum Gasteiger partial charge on any atom is -0.314 e. The number of likely N-dealkylation sites (N-methyl/N-ethyl adjacent to an activating group) is 1. The number of hydrogen-bond acceptors (Lipinski definition) is 1. The van der Waals surface area contributed by atoms with E-state index in [1.807, 2.05) is 19.1 Å². The maximum atomic E-state index is 13.3. The quantitative estimate of drug-likeness (QED) is 0.765. The predicted octanol–water partition coefficient (Wildman–Crippen LogP) is 5.34. The minimum atomic E-state index is -2.48. The molecule has 0 aromatic heterocycles. The van der Waals surface area contributed by atoms with Crippen molar-refractivity contribution in [2.45, 2.75) is 51.0 Å². The second-order valence-corrected chi connectivity index (χ2v) is 6.62. The highest BCUT2D eigenvalue weighted by Gasteiger charge is 2.37. The van der Waals surface area contributed by atoms with Crippen molar-refractivity contribution in [2.24, 2.45) is 5.92 Å². The summed E-state index contributed by atoms with van der Waals surface area (Å²) < 4.78 is 26.6. The highest BCUT2D eigenvalue weighted by Crippen LogP contribution is 2.38. The Hall–Kier alpha value is -0.380. The van der Waals surface area contributed by atoms with Crippen molar-refractivity contribution in [3.8, 4) is 0 Å². The van der Waals surface area contributed by atoms with Crippen LogP contribution in [0.15, 0.2) is 18.2 Å². The van der Waals surface area contributed by atoms with Gasteiger partial charge in [0, 0.05) is 18.9 Å². The molecule has 0 saturated heterocycles. The Balaban J connectivity index is 2.03. The summed E-state index contributed by atoms with van der Waals surface area (Å²) in [6.45, 7) is 2.87. The van der Waals surface area contributed by atoms with Crippen molar-refractivity contribution < 1.29 is 8.78 Å². The second-order valence-electron chi connectivity index (χ2n) is 5.81. The van der Waals surface area contributed by atoms with Crippen LogP contribution in [0, 0.1) is 5.92 Å². The summed E-state index contributed by atoms with van der Waals surface area (Å²) in [5.41, 5.74) is 1.09. The third-order valence-electron chi connectivity index (χ3n) is 4.24. The third-order valence-corrected chi connectivity index (χ3v) is 4.98. The molecule has 1 saturated carbocycles. The zero-order chi connectivity index (χ0) is 15.5. The van der Waals surface area contributed by atoms with Crippen LogP contribution in [0.3, 0.4) is 0 Å². The molecular weight excluding hydrogens is 315 g/mol. The molecule has 5 heteroatoms. The maximum Gasteiger partial charge on any atom is 0.248 e. The molecule has 1 nitrogen and oxygen atoms in total. The summed E-state index contributed by atoms with van der Waals surface area (Å²) in [6.07, 6.45) is 1.95. The standard InChI is InChI=1S/C16H21Cl2F2N/c1-2-21-15(12-5-7-16(19,20)8-6-12)10-11-3-4-13(17)14(18)9-11/h3-4,9,12,15,21H,2,5-8,10H2,1H3. The lowest BCUT2D eigenvalue weighted by Crippen LogP contribution is -2.41. The van der Waals surface area contributed by atoms with E-state index in [-0.39, 0.29) is 18.9 Å². The SMILES string of the molecule is CCNC(Cc1ccc(Cl)c(Cl)c1)C1CCC(F)(F)CC1. The van der Waals surface area contributed by atoms with E-state index in [9.17, 15) is 8.78 Å². The fourth-order valence-corrected chi connectivity index (χ4v) is 3.37. The van der Waals surface area contributed by atoms with Gasteiger partial charge in [0.2, 0.25) is 5.92 Å². The summed E-state index contributed by atoms with van der Waals surface area (Å²) in [4.78, 5) is 0. The van der Waals surface area contributed by atoms with Crippen LogP contribution in [0.2, 0.25) is 10.0 Å². The van der Waals surface area contributed by atoms with Crippen LogP contribution in [0.5, 0.6) is 0 Å². The number of nitrogens with one attached hydrogen (secondary N) is 1. The molecule has 21 heavy (non-hydrogen) atoms. The highest BCUT2D eigenvalue weighted by atomic mass is 35.5. The van der Waals surface area contributed by atoms with Gasteiger partial charge in [-0.25, -0.2) is 8.78 Å². The van der Waals surface area contributed by atoms with E-state index in [1.54, 1.807) is 6.07 Å². The number of alkyl halides is 2. The number of hydrogen-bond donors (Lipinski definition) is 1. The molecular formula is C16H21Cl2F2N. The Kier molecular flexibility index (Phi) is 5.87. The topological polar surface area (TPSA) is 12.0 Å². The normalized spacial score (nSPS) is 20.4. The van der Waals surface area contributed by atoms with Crippen LogP contribution in [0.25, 0.3) is 0 Å². The lowest BCUT2D eigenvalue weighted by Gasteiger charge is -2.34. The molecule has 1 aromatic rings. The molecule has 0 spiro atoms. The summed E-state index contributed by atoms with van der Waals surface area (Å²) >= 11 is 12.0. The van der Waals surface area contributed by atoms with E-state index in [0.29, 0.717) is 28.8 Å². The zero-order valence-corrected chi connectivity index (χ0v) is 13.7. The van der Waals surface area contributed by atoms with Crippen LogP contribution in [-0.2, 0) is 6.42 Å². The Morgan fingerprint density at radius 3 is 2.48 bits per heavy atom. The van der Waals surface area contributed by atoms with Crippen molar-refractivity contribution in [1.29, 1.82) is 0 Å². The molecule has 0 aliphatic heterocycles. The Labute approximate surface area is 135 Å². The van der Waals surface area contributed by atoms with E-state index >= 15 is 0 Å². The minimum absolute atomic E-state index is 0.000928. The first-order chi connectivity index (χ1) is 9.91. The predicted molar refractivity (Wildman–Crippen MR) is 84.5 cm³/mol. The summed E-state index contributed by atoms with van der Waals surface area (Å²) in [5.74, 6) is -2.18. The van der Waals surface area contributed by atoms with E-state index < -0.39 is 5.92 Å². The van der Waals surface area contributed by atoms with Gasteiger partial charge in [-0.3, -0.25) is 0 Å². The summed E-state index contributed by atoms with van der Waals surface area (Å²) in [6, 6.07) is 5.82. The van der Waals surface area contributed by atoms with Crippen molar-refractivity contribution in [2.75, 3.05) is 6.54 Å². The van der Waals surface area contributed by atoms with Crippen LogP contribution < -0.4 is 5.32 Å². The number of halogens is 4. The summed E-state index contributed by atoms with van der Waals surface area (Å²) in [5, 5.41) is 4.52. The molecule has 0 bridgehead atoms. The smallest absolute Gasteiger partial charge is 0.248 e. The molecule has 0 heterocycles. The largest absolute Gasteiger partial charge is 0.314 e. The van der Waals surface area contributed by atoms with Crippen LogP contribution in [0.4, 0.5) is 8.78 Å². The first-order valence-electron chi connectivity index (χ1n) is 7.46. The second kappa shape index (κ2) is 7.26. The molecule has 1 aromatic carbocycles. The molecule has 118 valence electrons. The molecule has 0 amide bonds. The molecule has 0 radical (unpaired) electrons. The average Bonchev–Trinajstić information content (AvgIpc) is 2.42. The molecule has 2 rings (SSSR count). The first kappa shape index (κ1) is 17.0. The van der Waals surface area contributed by atoms with Crippen LogP contribution in [0.1, 0.15) is 38.2 Å². The highest BCUT2D eigenvalue weighted by molar-refractivity contribution is 6.42. The van der Waals surface area contributed by atoms with Gasteiger partial charge in [0.15, 0.2) is 0 Å². The van der Waals surface area contributed by atoms with Gasteiger partial charge in [-0.05, 0) is 49.4 Å². The molecule has 1 fully saturated rings. The maximum absolute atomic E-state index is 13.3. The Morgan fingerprint density at radius 2 is 1.90 bits per heavy atom. The van der Waals surface area contributed by atoms with Gasteiger partial charge in [0.25, 0.3) is 0 Å². The zero-order valence-electron chi connectivity index (χ0n) is 12.1.